The van der Waals surface area contributed by atoms with E-state index in [1.807, 2.05) is 85.2 Å². The van der Waals surface area contributed by atoms with Crippen LogP contribution in [0, 0.1) is 0 Å². The van der Waals surface area contributed by atoms with Gasteiger partial charge in [-0.15, -0.1) is 6.58 Å². The Labute approximate surface area is 343 Å². The third-order valence-corrected chi connectivity index (χ3v) is 10.5. The smallest absolute Gasteiger partial charge is 0.410 e. The Kier molecular flexibility index (Phi) is 13.2. The molecule has 306 valence electrons. The summed E-state index contributed by atoms with van der Waals surface area (Å²) < 4.78 is 22.1. The quantitative estimate of drug-likeness (QED) is 0.0669. The van der Waals surface area contributed by atoms with Gasteiger partial charge < -0.3 is 39.1 Å². The molecule has 14 nitrogen and oxygen atoms in total. The third kappa shape index (κ3) is 9.56. The fraction of sp³-hybridized carbons (Fsp3) is 0.311. The van der Waals surface area contributed by atoms with Crippen LogP contribution in [0.25, 0.3) is 33.6 Å². The first kappa shape index (κ1) is 40.5. The molecule has 59 heavy (non-hydrogen) atoms. The SMILES string of the molecule is C=CCOCC(NC(=O)OC)C(=O)N1CCCC1c1nc(-c2ccc(-c3ccc(-c4c[nH]c(C5CCCN5C(=O)OCc5ccccc5)n4)cc3)cc2OCC=C)c[nH]1. The Balaban J connectivity index is 1.04. The van der Waals surface area contributed by atoms with Gasteiger partial charge in [-0.1, -0.05) is 79.4 Å². The molecule has 2 aliphatic rings. The maximum atomic E-state index is 13.7. The molecule has 3 aromatic carbocycles. The Hall–Kier alpha value is -6.67. The molecular weight excluding hydrogens is 751 g/mol. The molecule has 4 heterocycles. The van der Waals surface area contributed by atoms with Gasteiger partial charge in [0.2, 0.25) is 5.91 Å². The van der Waals surface area contributed by atoms with Crippen molar-refractivity contribution in [1.82, 2.24) is 35.1 Å². The van der Waals surface area contributed by atoms with Crippen LogP contribution < -0.4 is 10.1 Å². The molecule has 2 fully saturated rings. The number of amides is 3. The highest BCUT2D eigenvalue weighted by molar-refractivity contribution is 5.86. The lowest BCUT2D eigenvalue weighted by molar-refractivity contribution is -0.135. The van der Waals surface area contributed by atoms with Crippen molar-refractivity contribution in [1.29, 1.82) is 0 Å². The number of likely N-dealkylation sites (tertiary alicyclic amines) is 2. The second kappa shape index (κ2) is 19.2. The van der Waals surface area contributed by atoms with Crippen LogP contribution in [0.3, 0.4) is 0 Å². The van der Waals surface area contributed by atoms with Gasteiger partial charge in [0.05, 0.1) is 43.8 Å². The number of rotatable bonds is 16. The van der Waals surface area contributed by atoms with E-state index in [1.165, 1.54) is 7.11 Å². The number of H-pyrrole nitrogens is 2. The van der Waals surface area contributed by atoms with Gasteiger partial charge in [-0.05, 0) is 54.5 Å². The molecule has 2 aromatic heterocycles. The summed E-state index contributed by atoms with van der Waals surface area (Å²) in [6.45, 7) is 9.34. The van der Waals surface area contributed by atoms with Crippen LogP contribution in [-0.2, 0) is 25.6 Å². The van der Waals surface area contributed by atoms with E-state index in [0.717, 1.165) is 58.6 Å². The Morgan fingerprint density at radius 3 is 2.19 bits per heavy atom. The van der Waals surface area contributed by atoms with Gasteiger partial charge in [-0.2, -0.15) is 0 Å². The Morgan fingerprint density at radius 2 is 1.47 bits per heavy atom. The molecule has 3 amide bonds. The molecule has 5 aromatic rings. The van der Waals surface area contributed by atoms with Crippen molar-refractivity contribution in [2.45, 2.75) is 50.4 Å². The normalized spacial score (nSPS) is 16.7. The molecule has 2 saturated heterocycles. The zero-order valence-electron chi connectivity index (χ0n) is 33.1. The molecule has 14 heteroatoms. The number of hydrogen-bond acceptors (Lipinski definition) is 9. The minimum absolute atomic E-state index is 0.0234. The van der Waals surface area contributed by atoms with Crippen molar-refractivity contribution in [3.63, 3.8) is 0 Å². The van der Waals surface area contributed by atoms with Gasteiger partial charge in [-0.3, -0.25) is 9.69 Å². The summed E-state index contributed by atoms with van der Waals surface area (Å²) in [5.74, 6) is 1.72. The van der Waals surface area contributed by atoms with E-state index < -0.39 is 12.1 Å². The topological polar surface area (TPSA) is 164 Å². The van der Waals surface area contributed by atoms with Crippen molar-refractivity contribution in [2.24, 2.45) is 0 Å². The van der Waals surface area contributed by atoms with Crippen LogP contribution in [0.5, 0.6) is 5.75 Å². The minimum Gasteiger partial charge on any atom is -0.489 e. The number of carbonyl (C=O) groups excluding carboxylic acids is 3. The first-order valence-electron chi connectivity index (χ1n) is 19.8. The average Bonchev–Trinajstić information content (AvgIpc) is 4.12. The molecule has 3 unspecified atom stereocenters. The standard InChI is InChI=1S/C45H49N7O7/c1-4-23-57-29-37(50-44(54)56-3)43(53)51-21-9-13-38(51)41-47-27-36(49-41)34-20-19-33(25-40(34)58-24-5-2)31-15-17-32(18-16-31)35-26-46-42(48-35)39-14-10-22-52(39)45(55)59-28-30-11-7-6-8-12-30/h4-8,11-12,15-20,25-27,37-39H,1-2,9-10,13-14,21-24,28-29H2,3H3,(H,46,48)(H,47,49)(H,50,54). The molecule has 0 aliphatic carbocycles. The number of nitrogens with one attached hydrogen (secondary N) is 3. The molecule has 7 rings (SSSR count). The number of benzene rings is 3. The number of alkyl carbamates (subject to hydrolysis) is 1. The number of methoxy groups -OCH3 is 1. The number of hydrogen-bond donors (Lipinski definition) is 3. The Morgan fingerprint density at radius 1 is 0.831 bits per heavy atom. The summed E-state index contributed by atoms with van der Waals surface area (Å²) in [5.41, 5.74) is 6.05. The van der Waals surface area contributed by atoms with Crippen LogP contribution in [0.15, 0.2) is 111 Å². The number of aromatic nitrogens is 4. The van der Waals surface area contributed by atoms with Crippen LogP contribution in [0.1, 0.15) is 55.0 Å². The lowest BCUT2D eigenvalue weighted by Gasteiger charge is -2.28. The largest absolute Gasteiger partial charge is 0.489 e. The monoisotopic (exact) mass is 799 g/mol. The van der Waals surface area contributed by atoms with E-state index in [0.29, 0.717) is 43.4 Å². The fourth-order valence-electron chi connectivity index (χ4n) is 7.55. The van der Waals surface area contributed by atoms with Gasteiger partial charge in [0.1, 0.15) is 36.7 Å². The van der Waals surface area contributed by atoms with Crippen LogP contribution >= 0.6 is 0 Å². The van der Waals surface area contributed by atoms with Crippen LogP contribution in [-0.4, -0.2) is 93.9 Å². The predicted octanol–water partition coefficient (Wildman–Crippen LogP) is 7.76. The van der Waals surface area contributed by atoms with Crippen LogP contribution in [0.4, 0.5) is 9.59 Å². The Bertz CT molecular complexity index is 2240. The summed E-state index contributed by atoms with van der Waals surface area (Å²) in [6.07, 6.45) is 9.07. The maximum absolute atomic E-state index is 13.7. The fourth-order valence-corrected chi connectivity index (χ4v) is 7.55. The molecule has 0 bridgehead atoms. The molecule has 3 atom stereocenters. The molecule has 0 spiro atoms. The van der Waals surface area contributed by atoms with Gasteiger partial charge in [0.15, 0.2) is 0 Å². The summed E-state index contributed by atoms with van der Waals surface area (Å²) in [4.78, 5) is 58.7. The van der Waals surface area contributed by atoms with E-state index in [4.69, 9.17) is 28.9 Å². The van der Waals surface area contributed by atoms with Crippen molar-refractivity contribution in [3.8, 4) is 39.4 Å². The van der Waals surface area contributed by atoms with E-state index in [2.05, 4.69) is 28.4 Å². The second-order valence-corrected chi connectivity index (χ2v) is 14.3. The zero-order chi connectivity index (χ0) is 41.1. The highest BCUT2D eigenvalue weighted by Gasteiger charge is 2.37. The lowest BCUT2D eigenvalue weighted by atomic mass is 10.00. The molecule has 3 N–H and O–H groups in total. The second-order valence-electron chi connectivity index (χ2n) is 14.3. The summed E-state index contributed by atoms with van der Waals surface area (Å²) in [5, 5.41) is 2.60. The number of ether oxygens (including phenoxy) is 4. The van der Waals surface area contributed by atoms with Crippen molar-refractivity contribution in [3.05, 3.63) is 128 Å². The van der Waals surface area contributed by atoms with E-state index >= 15 is 0 Å². The minimum atomic E-state index is -0.930. The zero-order valence-corrected chi connectivity index (χ0v) is 33.1. The van der Waals surface area contributed by atoms with Crippen molar-refractivity contribution >= 4 is 18.1 Å². The number of nitrogens with zero attached hydrogens (tertiary/aromatic N) is 4. The summed E-state index contributed by atoms with van der Waals surface area (Å²) >= 11 is 0. The first-order chi connectivity index (χ1) is 28.9. The summed E-state index contributed by atoms with van der Waals surface area (Å²) in [7, 11) is 1.25. The van der Waals surface area contributed by atoms with E-state index in [1.54, 1.807) is 22.0 Å². The first-order valence-corrected chi connectivity index (χ1v) is 19.8. The molecule has 0 radical (unpaired) electrons. The average molecular weight is 800 g/mol. The van der Waals surface area contributed by atoms with Crippen LogP contribution in [0.2, 0.25) is 0 Å². The third-order valence-electron chi connectivity index (χ3n) is 10.5. The number of carbonyl (C=O) groups is 3. The summed E-state index contributed by atoms with van der Waals surface area (Å²) in [6, 6.07) is 22.4. The molecule has 2 aliphatic heterocycles. The van der Waals surface area contributed by atoms with Crippen molar-refractivity contribution < 1.29 is 33.3 Å². The van der Waals surface area contributed by atoms with Gasteiger partial charge >= 0.3 is 12.2 Å². The van der Waals surface area contributed by atoms with Gasteiger partial charge in [0.25, 0.3) is 0 Å². The highest BCUT2D eigenvalue weighted by atomic mass is 16.6. The predicted molar refractivity (Wildman–Crippen MR) is 222 cm³/mol. The maximum Gasteiger partial charge on any atom is 0.410 e. The molecular formula is C45H49N7O7. The molecule has 0 saturated carbocycles. The number of imidazole rings is 2. The van der Waals surface area contributed by atoms with E-state index in [9.17, 15) is 14.4 Å². The van der Waals surface area contributed by atoms with E-state index in [-0.39, 0.29) is 43.9 Å². The number of aromatic amines is 2. The van der Waals surface area contributed by atoms with Crippen molar-refractivity contribution in [2.75, 3.05) is 40.0 Å². The highest BCUT2D eigenvalue weighted by Crippen LogP contribution is 2.38. The van der Waals surface area contributed by atoms with Gasteiger partial charge in [0, 0.05) is 36.6 Å². The lowest BCUT2D eigenvalue weighted by Crippen LogP contribution is -2.50. The van der Waals surface area contributed by atoms with Gasteiger partial charge in [-0.25, -0.2) is 19.6 Å².